The number of aromatic nitrogens is 2. The van der Waals surface area contributed by atoms with E-state index in [9.17, 15) is 18.3 Å². The number of thiazole rings is 1. The molecule has 0 spiro atoms. The summed E-state index contributed by atoms with van der Waals surface area (Å²) in [5, 5.41) is 15.7. The van der Waals surface area contributed by atoms with Crippen LogP contribution < -0.4 is 10.2 Å². The van der Waals surface area contributed by atoms with Crippen molar-refractivity contribution in [1.82, 2.24) is 9.97 Å². The van der Waals surface area contributed by atoms with Crippen molar-refractivity contribution < 1.29 is 27.9 Å². The summed E-state index contributed by atoms with van der Waals surface area (Å²) in [5.74, 6) is 0.156. The average molecular weight is 534 g/mol. The number of pyridine rings is 1. The molecule has 1 amide bonds. The molecule has 1 aliphatic heterocycles. The summed E-state index contributed by atoms with van der Waals surface area (Å²) in [6.07, 6.45) is -0.204. The summed E-state index contributed by atoms with van der Waals surface area (Å²) in [4.78, 5) is 30.0. The molecule has 0 unspecified atom stereocenters. The van der Waals surface area contributed by atoms with Gasteiger partial charge < -0.3 is 19.6 Å². The van der Waals surface area contributed by atoms with Crippen LogP contribution in [0.5, 0.6) is 0 Å². The van der Waals surface area contributed by atoms with Crippen LogP contribution in [0, 0.1) is 0 Å². The number of ether oxygens (including phenoxy) is 1. The van der Waals surface area contributed by atoms with Gasteiger partial charge >= 0.3 is 0 Å². The quantitative estimate of drug-likeness (QED) is 0.312. The van der Waals surface area contributed by atoms with Crippen LogP contribution in [0.2, 0.25) is 0 Å². The molecule has 2 atom stereocenters. The molecule has 13 heteroatoms. The molecule has 0 radical (unpaired) electrons. The van der Waals surface area contributed by atoms with E-state index in [-0.39, 0.29) is 23.8 Å². The summed E-state index contributed by atoms with van der Waals surface area (Å²) in [6, 6.07) is 9.52. The van der Waals surface area contributed by atoms with E-state index in [1.54, 1.807) is 6.92 Å². The first-order valence-corrected chi connectivity index (χ1v) is 13.6. The van der Waals surface area contributed by atoms with Crippen LogP contribution in [0.3, 0.4) is 0 Å². The number of oxime groups is 1. The highest BCUT2D eigenvalue weighted by Gasteiger charge is 2.31. The third-order valence-corrected chi connectivity index (χ3v) is 8.56. The summed E-state index contributed by atoms with van der Waals surface area (Å²) in [7, 11) is 0.209. The number of aliphatic hydroxyl groups is 1. The maximum atomic E-state index is 13.2. The zero-order valence-electron chi connectivity index (χ0n) is 20.0. The van der Waals surface area contributed by atoms with Crippen LogP contribution in [0.25, 0.3) is 10.3 Å². The number of anilines is 2. The second kappa shape index (κ2) is 10.9. The number of nitrogens with one attached hydrogen (secondary N) is 1. The maximum Gasteiger partial charge on any atom is 0.280 e. The molecular formula is C23H27N5O6S2. The van der Waals surface area contributed by atoms with E-state index in [0.29, 0.717) is 34.1 Å². The molecule has 1 saturated heterocycles. The van der Waals surface area contributed by atoms with Crippen molar-refractivity contribution in [2.24, 2.45) is 5.16 Å². The van der Waals surface area contributed by atoms with Gasteiger partial charge in [-0.2, -0.15) is 0 Å². The summed E-state index contributed by atoms with van der Waals surface area (Å²) >= 11 is 1.21. The van der Waals surface area contributed by atoms with Gasteiger partial charge in [0, 0.05) is 26.3 Å². The Labute approximate surface area is 212 Å². The summed E-state index contributed by atoms with van der Waals surface area (Å²) in [6.45, 7) is 1.88. The van der Waals surface area contributed by atoms with Gasteiger partial charge in [0.1, 0.15) is 22.3 Å². The Bertz CT molecular complexity index is 1370. The van der Waals surface area contributed by atoms with Crippen LogP contribution in [0.4, 0.5) is 10.9 Å². The number of nitrogens with zero attached hydrogens (tertiary/aromatic N) is 4. The second-order valence-electron chi connectivity index (χ2n) is 8.45. The van der Waals surface area contributed by atoms with Crippen molar-refractivity contribution in [1.29, 1.82) is 0 Å². The van der Waals surface area contributed by atoms with E-state index in [1.165, 1.54) is 35.6 Å². The molecule has 3 heterocycles. The van der Waals surface area contributed by atoms with Crippen LogP contribution in [-0.2, 0) is 24.2 Å². The smallest absolute Gasteiger partial charge is 0.280 e. The highest BCUT2D eigenvalue weighted by molar-refractivity contribution is 7.92. The molecule has 0 aliphatic carbocycles. The number of amides is 1. The normalized spacial score (nSPS) is 17.2. The van der Waals surface area contributed by atoms with E-state index in [2.05, 4.69) is 20.4 Å². The van der Waals surface area contributed by atoms with Gasteiger partial charge in [0.25, 0.3) is 5.91 Å². The second-order valence-corrected chi connectivity index (χ2v) is 11.7. The molecule has 36 heavy (non-hydrogen) atoms. The number of hydrogen-bond acceptors (Lipinski definition) is 11. The fraction of sp³-hybridized carbons (Fsp3) is 0.391. The SMILES string of the molecule is C[C@H](CO)ON=C(C(=O)Nc1nc2ccc(N(C)C)nc2s1)c1ccc(S(=O)(=O)[C@H]2CCOC2)cc1. The first kappa shape index (κ1) is 25.9. The minimum Gasteiger partial charge on any atom is -0.392 e. The molecule has 0 bridgehead atoms. The lowest BCUT2D eigenvalue weighted by Crippen LogP contribution is -2.25. The Morgan fingerprint density at radius 3 is 2.67 bits per heavy atom. The number of hydrogen-bond donors (Lipinski definition) is 2. The third kappa shape index (κ3) is 5.64. The van der Waals surface area contributed by atoms with E-state index in [1.807, 2.05) is 31.1 Å². The first-order chi connectivity index (χ1) is 17.2. The largest absolute Gasteiger partial charge is 0.392 e. The van der Waals surface area contributed by atoms with Gasteiger partial charge in [-0.15, -0.1) is 0 Å². The maximum absolute atomic E-state index is 13.2. The minimum atomic E-state index is -3.55. The number of sulfone groups is 1. The minimum absolute atomic E-state index is 0.0929. The molecule has 4 rings (SSSR count). The van der Waals surface area contributed by atoms with Gasteiger partial charge in [0.15, 0.2) is 20.7 Å². The van der Waals surface area contributed by atoms with Crippen LogP contribution in [0.15, 0.2) is 46.4 Å². The molecule has 1 aliphatic rings. The van der Waals surface area contributed by atoms with Crippen molar-refractivity contribution in [2.45, 2.75) is 29.6 Å². The third-order valence-electron chi connectivity index (χ3n) is 5.50. The number of carbonyl (C=O) groups is 1. The van der Waals surface area contributed by atoms with Crippen LogP contribution in [0.1, 0.15) is 18.9 Å². The molecule has 2 aromatic heterocycles. The van der Waals surface area contributed by atoms with Crippen molar-refractivity contribution in [3.63, 3.8) is 0 Å². The van der Waals surface area contributed by atoms with Crippen LogP contribution >= 0.6 is 11.3 Å². The number of fused-ring (bicyclic) bond motifs is 1. The number of rotatable bonds is 9. The molecule has 3 aromatic rings. The molecule has 0 saturated carbocycles. The Hall–Kier alpha value is -3.13. The number of aliphatic hydroxyl groups excluding tert-OH is 1. The molecule has 2 N–H and O–H groups in total. The topological polar surface area (TPSA) is 143 Å². The van der Waals surface area contributed by atoms with Crippen molar-refractivity contribution in [3.05, 3.63) is 42.0 Å². The van der Waals surface area contributed by atoms with Crippen molar-refractivity contribution in [2.75, 3.05) is 44.1 Å². The molecule has 1 fully saturated rings. The standard InChI is InChI=1S/C23H27N5O6S2/c1-14(12-29)34-27-20(15-4-6-16(7-5-15)36(31,32)17-10-11-33-13-17)21(30)26-23-24-18-8-9-19(28(2)3)25-22(18)35-23/h4-9,14,17,29H,10-13H2,1-3H3,(H,24,26,30)/t14-,17+/m1/s1. The van der Waals surface area contributed by atoms with E-state index >= 15 is 0 Å². The lowest BCUT2D eigenvalue weighted by atomic mass is 10.1. The molecular weight excluding hydrogens is 506 g/mol. The number of carbonyl (C=O) groups excluding carboxylic acids is 1. The zero-order chi connectivity index (χ0) is 25.9. The summed E-state index contributed by atoms with van der Waals surface area (Å²) in [5.41, 5.74) is 0.882. The first-order valence-electron chi connectivity index (χ1n) is 11.2. The van der Waals surface area contributed by atoms with E-state index in [4.69, 9.17) is 9.57 Å². The van der Waals surface area contributed by atoms with Gasteiger partial charge in [-0.1, -0.05) is 28.6 Å². The van der Waals surface area contributed by atoms with Gasteiger partial charge in [0.05, 0.1) is 23.4 Å². The van der Waals surface area contributed by atoms with Gasteiger partial charge in [-0.25, -0.2) is 18.4 Å². The fourth-order valence-corrected chi connectivity index (χ4v) is 5.83. The monoisotopic (exact) mass is 533 g/mol. The molecule has 11 nitrogen and oxygen atoms in total. The van der Waals surface area contributed by atoms with E-state index < -0.39 is 27.1 Å². The van der Waals surface area contributed by atoms with Gasteiger partial charge in [-0.3, -0.25) is 10.1 Å². The fourth-order valence-electron chi connectivity index (χ4n) is 3.42. The van der Waals surface area contributed by atoms with Crippen molar-refractivity contribution in [3.8, 4) is 0 Å². The predicted molar refractivity (Wildman–Crippen MR) is 137 cm³/mol. The predicted octanol–water partition coefficient (Wildman–Crippen LogP) is 2.06. The van der Waals surface area contributed by atoms with Gasteiger partial charge in [-0.05, 0) is 37.6 Å². The van der Waals surface area contributed by atoms with Crippen molar-refractivity contribution >= 4 is 54.1 Å². The number of benzene rings is 1. The Kier molecular flexibility index (Phi) is 7.83. The Morgan fingerprint density at radius 2 is 2.03 bits per heavy atom. The van der Waals surface area contributed by atoms with E-state index in [0.717, 1.165) is 5.82 Å². The highest BCUT2D eigenvalue weighted by atomic mass is 32.2. The Morgan fingerprint density at radius 1 is 1.28 bits per heavy atom. The van der Waals surface area contributed by atoms with Gasteiger partial charge in [0.2, 0.25) is 0 Å². The van der Waals surface area contributed by atoms with Crippen LogP contribution in [-0.4, -0.2) is 80.4 Å². The Balaban J connectivity index is 1.60. The highest BCUT2D eigenvalue weighted by Crippen LogP contribution is 2.27. The average Bonchev–Trinajstić information content (AvgIpc) is 3.54. The summed E-state index contributed by atoms with van der Waals surface area (Å²) < 4.78 is 30.9. The molecule has 192 valence electrons. The lowest BCUT2D eigenvalue weighted by Gasteiger charge is -2.12. The zero-order valence-corrected chi connectivity index (χ0v) is 21.7. The molecule has 1 aromatic carbocycles. The lowest BCUT2D eigenvalue weighted by molar-refractivity contribution is -0.110.